The largest absolute Gasteiger partial charge is 0.465 e. The fourth-order valence-electron chi connectivity index (χ4n) is 3.35. The molecule has 3 rings (SSSR count). The highest BCUT2D eigenvalue weighted by atomic mass is 35.5. The zero-order chi connectivity index (χ0) is 22.1. The van der Waals surface area contributed by atoms with Gasteiger partial charge in [-0.3, -0.25) is 9.69 Å². The van der Waals surface area contributed by atoms with Crippen molar-refractivity contribution in [2.75, 3.05) is 25.0 Å². The summed E-state index contributed by atoms with van der Waals surface area (Å²) in [6.45, 7) is 3.61. The Balaban J connectivity index is 1.84. The molecule has 3 aromatic carbocycles. The van der Waals surface area contributed by atoms with Crippen LogP contribution in [-0.2, 0) is 16.1 Å². The lowest BCUT2D eigenvalue weighted by molar-refractivity contribution is -0.144. The molecule has 3 aromatic rings. The van der Waals surface area contributed by atoms with Crippen LogP contribution in [0.25, 0.3) is 0 Å². The molecule has 0 radical (unpaired) electrons. The topological polar surface area (TPSA) is 41.6 Å². The first kappa shape index (κ1) is 23.1. The van der Waals surface area contributed by atoms with Crippen LogP contribution in [0, 0.1) is 0 Å². The summed E-state index contributed by atoms with van der Waals surface area (Å²) in [7, 11) is 0. The standard InChI is InChI=1S/C25H26Cl2N2O2/c1-2-31-25(30)18-29(16-19-6-4-3-5-7-19)17-24(20-8-10-21(26)11-9-20)28-23-14-12-22(27)13-15-23/h3-15,24,28H,2,16-18H2,1H3/t24-/m0/s1. The summed E-state index contributed by atoms with van der Waals surface area (Å²) in [5.74, 6) is -0.236. The lowest BCUT2D eigenvalue weighted by Gasteiger charge is -2.29. The SMILES string of the molecule is CCOC(=O)CN(Cc1ccccc1)C[C@H](Nc1ccc(Cl)cc1)c1ccc(Cl)cc1. The molecule has 0 aromatic heterocycles. The number of halogens is 2. The molecule has 162 valence electrons. The van der Waals surface area contributed by atoms with Crippen LogP contribution in [0.5, 0.6) is 0 Å². The zero-order valence-corrected chi connectivity index (χ0v) is 18.9. The van der Waals surface area contributed by atoms with Crippen LogP contribution in [0.3, 0.4) is 0 Å². The number of nitrogens with zero attached hydrogens (tertiary/aromatic N) is 1. The maximum atomic E-state index is 12.3. The van der Waals surface area contributed by atoms with Gasteiger partial charge in [0.1, 0.15) is 0 Å². The van der Waals surface area contributed by atoms with Gasteiger partial charge in [-0.15, -0.1) is 0 Å². The molecule has 0 aliphatic heterocycles. The molecule has 0 saturated carbocycles. The second kappa shape index (κ2) is 11.8. The molecule has 0 amide bonds. The highest BCUT2D eigenvalue weighted by Crippen LogP contribution is 2.24. The molecule has 0 aliphatic carbocycles. The minimum absolute atomic E-state index is 0.0726. The van der Waals surface area contributed by atoms with Crippen molar-refractivity contribution in [3.63, 3.8) is 0 Å². The summed E-state index contributed by atoms with van der Waals surface area (Å²) < 4.78 is 5.21. The average Bonchev–Trinajstić information content (AvgIpc) is 2.76. The van der Waals surface area contributed by atoms with Crippen molar-refractivity contribution in [2.45, 2.75) is 19.5 Å². The van der Waals surface area contributed by atoms with Gasteiger partial charge in [-0.25, -0.2) is 0 Å². The molecule has 4 nitrogen and oxygen atoms in total. The third kappa shape index (κ3) is 7.59. The molecule has 0 aliphatic rings. The van der Waals surface area contributed by atoms with Crippen LogP contribution in [0.1, 0.15) is 24.1 Å². The smallest absolute Gasteiger partial charge is 0.320 e. The van der Waals surface area contributed by atoms with Crippen molar-refractivity contribution in [1.82, 2.24) is 4.90 Å². The van der Waals surface area contributed by atoms with Crippen molar-refractivity contribution >= 4 is 34.9 Å². The van der Waals surface area contributed by atoms with E-state index < -0.39 is 0 Å². The number of hydrogen-bond acceptors (Lipinski definition) is 4. The fraction of sp³-hybridized carbons (Fsp3) is 0.240. The van der Waals surface area contributed by atoms with Crippen LogP contribution < -0.4 is 5.32 Å². The normalized spacial score (nSPS) is 11.9. The molecule has 1 N–H and O–H groups in total. The number of ether oxygens (including phenoxy) is 1. The van der Waals surface area contributed by atoms with E-state index >= 15 is 0 Å². The number of carbonyl (C=O) groups excluding carboxylic acids is 1. The number of nitrogens with one attached hydrogen (secondary N) is 1. The number of esters is 1. The fourth-order valence-corrected chi connectivity index (χ4v) is 3.60. The monoisotopic (exact) mass is 456 g/mol. The summed E-state index contributed by atoms with van der Waals surface area (Å²) in [4.78, 5) is 14.4. The van der Waals surface area contributed by atoms with Gasteiger partial charge in [-0.1, -0.05) is 65.7 Å². The Labute approximate surface area is 193 Å². The van der Waals surface area contributed by atoms with Crippen LogP contribution in [-0.4, -0.2) is 30.6 Å². The average molecular weight is 457 g/mol. The summed E-state index contributed by atoms with van der Waals surface area (Å²) in [5, 5.41) is 4.93. The second-order valence-corrected chi connectivity index (χ2v) is 8.09. The van der Waals surface area contributed by atoms with E-state index in [4.69, 9.17) is 27.9 Å². The summed E-state index contributed by atoms with van der Waals surface area (Å²) in [6.07, 6.45) is 0. The predicted octanol–water partition coefficient (Wildman–Crippen LogP) is 6.21. The minimum Gasteiger partial charge on any atom is -0.465 e. The molecule has 0 unspecified atom stereocenters. The first-order valence-electron chi connectivity index (χ1n) is 10.2. The van der Waals surface area contributed by atoms with E-state index in [0.29, 0.717) is 29.7 Å². The number of benzene rings is 3. The molecule has 1 atom stereocenters. The van der Waals surface area contributed by atoms with Crippen molar-refractivity contribution in [2.24, 2.45) is 0 Å². The van der Waals surface area contributed by atoms with E-state index in [1.165, 1.54) is 0 Å². The molecule has 0 bridgehead atoms. The maximum absolute atomic E-state index is 12.3. The Morgan fingerprint density at radius 3 is 2.16 bits per heavy atom. The van der Waals surface area contributed by atoms with E-state index in [-0.39, 0.29) is 18.6 Å². The van der Waals surface area contributed by atoms with Gasteiger partial charge in [0.15, 0.2) is 0 Å². The van der Waals surface area contributed by atoms with Crippen molar-refractivity contribution < 1.29 is 9.53 Å². The van der Waals surface area contributed by atoms with E-state index in [1.807, 2.05) is 73.7 Å². The Morgan fingerprint density at radius 2 is 1.55 bits per heavy atom. The Kier molecular flexibility index (Phi) is 8.77. The molecular formula is C25H26Cl2N2O2. The first-order valence-corrected chi connectivity index (χ1v) is 11.0. The van der Waals surface area contributed by atoms with Crippen molar-refractivity contribution in [1.29, 1.82) is 0 Å². The lowest BCUT2D eigenvalue weighted by Crippen LogP contribution is -2.36. The minimum atomic E-state index is -0.236. The van der Waals surface area contributed by atoms with Crippen LogP contribution in [0.2, 0.25) is 10.0 Å². The number of hydrogen-bond donors (Lipinski definition) is 1. The molecule has 6 heteroatoms. The van der Waals surface area contributed by atoms with Crippen LogP contribution >= 0.6 is 23.2 Å². The van der Waals surface area contributed by atoms with Gasteiger partial charge in [0, 0.05) is 28.8 Å². The lowest BCUT2D eigenvalue weighted by atomic mass is 10.1. The third-order valence-corrected chi connectivity index (χ3v) is 5.31. The number of rotatable bonds is 10. The predicted molar refractivity (Wildman–Crippen MR) is 128 cm³/mol. The van der Waals surface area contributed by atoms with Crippen molar-refractivity contribution in [3.05, 3.63) is 100 Å². The van der Waals surface area contributed by atoms with Crippen LogP contribution in [0.15, 0.2) is 78.9 Å². The van der Waals surface area contributed by atoms with Crippen LogP contribution in [0.4, 0.5) is 5.69 Å². The van der Waals surface area contributed by atoms with Gasteiger partial charge in [0.05, 0.1) is 19.2 Å². The molecular weight excluding hydrogens is 431 g/mol. The molecule has 0 saturated heterocycles. The Bertz CT molecular complexity index is 948. The van der Waals surface area contributed by atoms with Crippen molar-refractivity contribution in [3.8, 4) is 0 Å². The van der Waals surface area contributed by atoms with Gasteiger partial charge >= 0.3 is 5.97 Å². The van der Waals surface area contributed by atoms with Gasteiger partial charge in [-0.2, -0.15) is 0 Å². The van der Waals surface area contributed by atoms with E-state index in [2.05, 4.69) is 22.3 Å². The molecule has 0 spiro atoms. The quantitative estimate of drug-likeness (QED) is 0.368. The van der Waals surface area contributed by atoms with Gasteiger partial charge in [-0.05, 0) is 54.4 Å². The van der Waals surface area contributed by atoms with E-state index in [9.17, 15) is 4.79 Å². The highest BCUT2D eigenvalue weighted by Gasteiger charge is 2.20. The third-order valence-electron chi connectivity index (χ3n) is 4.81. The molecule has 0 heterocycles. The number of carbonyl (C=O) groups is 1. The maximum Gasteiger partial charge on any atom is 0.320 e. The number of anilines is 1. The Hall–Kier alpha value is -2.53. The van der Waals surface area contributed by atoms with Gasteiger partial charge < -0.3 is 10.1 Å². The van der Waals surface area contributed by atoms with E-state index in [1.54, 1.807) is 0 Å². The van der Waals surface area contributed by atoms with E-state index in [0.717, 1.165) is 16.8 Å². The second-order valence-electron chi connectivity index (χ2n) is 7.22. The summed E-state index contributed by atoms with van der Waals surface area (Å²) >= 11 is 12.1. The zero-order valence-electron chi connectivity index (χ0n) is 17.4. The first-order chi connectivity index (χ1) is 15.0. The highest BCUT2D eigenvalue weighted by molar-refractivity contribution is 6.30. The van der Waals surface area contributed by atoms with Gasteiger partial charge in [0.2, 0.25) is 0 Å². The Morgan fingerprint density at radius 1 is 0.935 bits per heavy atom. The molecule has 31 heavy (non-hydrogen) atoms. The summed E-state index contributed by atoms with van der Waals surface area (Å²) in [6, 6.07) is 25.4. The molecule has 0 fully saturated rings. The summed E-state index contributed by atoms with van der Waals surface area (Å²) in [5.41, 5.74) is 3.15. The van der Waals surface area contributed by atoms with Gasteiger partial charge in [0.25, 0.3) is 0 Å².